The highest BCUT2D eigenvalue weighted by Gasteiger charge is 2.26. The lowest BCUT2D eigenvalue weighted by molar-refractivity contribution is -0.147. The second-order valence-corrected chi connectivity index (χ2v) is 5.38. The van der Waals surface area contributed by atoms with E-state index < -0.39 is 12.1 Å². The Kier molecular flexibility index (Phi) is 4.62. The van der Waals surface area contributed by atoms with Gasteiger partial charge in [0.1, 0.15) is 0 Å². The van der Waals surface area contributed by atoms with Gasteiger partial charge >= 0.3 is 5.97 Å². The summed E-state index contributed by atoms with van der Waals surface area (Å²) in [7, 11) is 1.86. The molecule has 21 heavy (non-hydrogen) atoms. The first-order valence-electron chi connectivity index (χ1n) is 6.98. The number of hydrogen-bond donors (Lipinski definition) is 1. The summed E-state index contributed by atoms with van der Waals surface area (Å²) in [4.78, 5) is 24.8. The first-order valence-corrected chi connectivity index (χ1v) is 6.98. The molecule has 2 rings (SSSR count). The van der Waals surface area contributed by atoms with Crippen LogP contribution in [-0.2, 0) is 27.8 Å². The Morgan fingerprint density at radius 2 is 2.14 bits per heavy atom. The SMILES string of the molecule is Cc1nn(C)c(C)c1CC(=O)N1CCO[C@@H](CC(=O)O)C1. The van der Waals surface area contributed by atoms with E-state index in [0.29, 0.717) is 26.1 Å². The Balaban J connectivity index is 2.01. The molecule has 7 nitrogen and oxygen atoms in total. The third-order valence-corrected chi connectivity index (χ3v) is 3.88. The van der Waals surface area contributed by atoms with Crippen molar-refractivity contribution >= 4 is 11.9 Å². The highest BCUT2D eigenvalue weighted by molar-refractivity contribution is 5.79. The molecule has 7 heteroatoms. The van der Waals surface area contributed by atoms with Crippen molar-refractivity contribution in [2.45, 2.75) is 32.8 Å². The Hall–Kier alpha value is -1.89. The molecule has 0 spiro atoms. The van der Waals surface area contributed by atoms with E-state index in [1.165, 1.54) is 0 Å². The Morgan fingerprint density at radius 1 is 1.43 bits per heavy atom. The average Bonchev–Trinajstić information content (AvgIpc) is 2.65. The van der Waals surface area contributed by atoms with Crippen LogP contribution in [0.5, 0.6) is 0 Å². The smallest absolute Gasteiger partial charge is 0.306 e. The minimum Gasteiger partial charge on any atom is -0.481 e. The van der Waals surface area contributed by atoms with Gasteiger partial charge in [0, 0.05) is 31.4 Å². The summed E-state index contributed by atoms with van der Waals surface area (Å²) in [5.74, 6) is -0.916. The highest BCUT2D eigenvalue weighted by Crippen LogP contribution is 2.16. The number of rotatable bonds is 4. The molecule has 1 N–H and O–H groups in total. The summed E-state index contributed by atoms with van der Waals surface area (Å²) in [5, 5.41) is 13.1. The van der Waals surface area contributed by atoms with Gasteiger partial charge in [0.05, 0.1) is 31.2 Å². The van der Waals surface area contributed by atoms with Gasteiger partial charge in [-0.15, -0.1) is 0 Å². The number of carbonyl (C=O) groups excluding carboxylic acids is 1. The van der Waals surface area contributed by atoms with E-state index in [0.717, 1.165) is 17.0 Å². The molecule has 1 aromatic heterocycles. The predicted molar refractivity (Wildman–Crippen MR) is 75.0 cm³/mol. The number of nitrogens with zero attached hydrogens (tertiary/aromatic N) is 3. The normalized spacial score (nSPS) is 18.8. The molecule has 1 saturated heterocycles. The van der Waals surface area contributed by atoms with Crippen LogP contribution < -0.4 is 0 Å². The second kappa shape index (κ2) is 6.26. The molecule has 1 aliphatic heterocycles. The average molecular weight is 295 g/mol. The molecule has 1 aromatic rings. The Morgan fingerprint density at radius 3 is 2.71 bits per heavy atom. The molecule has 0 radical (unpaired) electrons. The van der Waals surface area contributed by atoms with Crippen LogP contribution in [0.15, 0.2) is 0 Å². The van der Waals surface area contributed by atoms with Crippen LogP contribution in [0.3, 0.4) is 0 Å². The largest absolute Gasteiger partial charge is 0.481 e. The molecule has 2 heterocycles. The van der Waals surface area contributed by atoms with Crippen molar-refractivity contribution in [1.29, 1.82) is 0 Å². The number of carbonyl (C=O) groups is 2. The van der Waals surface area contributed by atoms with Crippen molar-refractivity contribution in [3.05, 3.63) is 17.0 Å². The first kappa shape index (κ1) is 15.5. The third-order valence-electron chi connectivity index (χ3n) is 3.88. The number of hydrogen-bond acceptors (Lipinski definition) is 4. The molecule has 116 valence electrons. The molecule has 0 aromatic carbocycles. The van der Waals surface area contributed by atoms with E-state index in [2.05, 4.69) is 5.10 Å². The molecule has 0 unspecified atom stereocenters. The molecule has 0 aliphatic carbocycles. The van der Waals surface area contributed by atoms with Gasteiger partial charge < -0.3 is 14.7 Å². The monoisotopic (exact) mass is 295 g/mol. The van der Waals surface area contributed by atoms with Gasteiger partial charge in [0.25, 0.3) is 0 Å². The second-order valence-electron chi connectivity index (χ2n) is 5.38. The summed E-state index contributed by atoms with van der Waals surface area (Å²) >= 11 is 0. The Labute approximate surface area is 123 Å². The van der Waals surface area contributed by atoms with E-state index in [4.69, 9.17) is 9.84 Å². The Bertz CT molecular complexity index is 553. The quantitative estimate of drug-likeness (QED) is 0.862. The van der Waals surface area contributed by atoms with E-state index in [9.17, 15) is 9.59 Å². The summed E-state index contributed by atoms with van der Waals surface area (Å²) in [6, 6.07) is 0. The number of ether oxygens (including phenoxy) is 1. The van der Waals surface area contributed by atoms with E-state index in [1.807, 2.05) is 20.9 Å². The van der Waals surface area contributed by atoms with Crippen LogP contribution in [0, 0.1) is 13.8 Å². The number of amides is 1. The minimum atomic E-state index is -0.909. The molecule has 0 saturated carbocycles. The topological polar surface area (TPSA) is 84.7 Å². The highest BCUT2D eigenvalue weighted by atomic mass is 16.5. The zero-order valence-corrected chi connectivity index (χ0v) is 12.6. The van der Waals surface area contributed by atoms with Gasteiger partial charge in [-0.3, -0.25) is 14.3 Å². The number of carboxylic acids is 1. The minimum absolute atomic E-state index is 0.00658. The van der Waals surface area contributed by atoms with Crippen molar-refractivity contribution < 1.29 is 19.4 Å². The first-order chi connectivity index (χ1) is 9.88. The van der Waals surface area contributed by atoms with Crippen LogP contribution in [-0.4, -0.2) is 57.5 Å². The molecular weight excluding hydrogens is 274 g/mol. The maximum absolute atomic E-state index is 12.4. The summed E-state index contributed by atoms with van der Waals surface area (Å²) < 4.78 is 7.15. The lowest BCUT2D eigenvalue weighted by atomic mass is 10.1. The van der Waals surface area contributed by atoms with Gasteiger partial charge in [-0.25, -0.2) is 0 Å². The van der Waals surface area contributed by atoms with Gasteiger partial charge in [-0.2, -0.15) is 5.10 Å². The number of aromatic nitrogens is 2. The standard InChI is InChI=1S/C14H21N3O4/c1-9-12(10(2)16(3)15-9)7-13(18)17-4-5-21-11(8-17)6-14(19)20/h11H,4-8H2,1-3H3,(H,19,20)/t11-/m0/s1. The molecule has 1 amide bonds. The van der Waals surface area contributed by atoms with E-state index >= 15 is 0 Å². The zero-order chi connectivity index (χ0) is 15.6. The van der Waals surface area contributed by atoms with Crippen molar-refractivity contribution in [3.63, 3.8) is 0 Å². The predicted octanol–water partition coefficient (Wildman–Crippen LogP) is 0.282. The molecule has 1 aliphatic rings. The maximum atomic E-state index is 12.4. The fraction of sp³-hybridized carbons (Fsp3) is 0.643. The maximum Gasteiger partial charge on any atom is 0.306 e. The molecule has 1 atom stereocenters. The summed E-state index contributed by atoms with van der Waals surface area (Å²) in [5.41, 5.74) is 2.79. The fourth-order valence-electron chi connectivity index (χ4n) is 2.60. The van der Waals surface area contributed by atoms with E-state index in [1.54, 1.807) is 9.58 Å². The number of aryl methyl sites for hydroxylation is 2. The van der Waals surface area contributed by atoms with Crippen molar-refractivity contribution in [2.24, 2.45) is 7.05 Å². The molecule has 1 fully saturated rings. The van der Waals surface area contributed by atoms with Crippen LogP contribution >= 0.6 is 0 Å². The van der Waals surface area contributed by atoms with Crippen molar-refractivity contribution in [3.8, 4) is 0 Å². The number of aliphatic carboxylic acids is 1. The lowest BCUT2D eigenvalue weighted by Crippen LogP contribution is -2.46. The third kappa shape index (κ3) is 3.60. The van der Waals surface area contributed by atoms with Gasteiger partial charge in [0.15, 0.2) is 0 Å². The summed E-state index contributed by atoms with van der Waals surface area (Å²) in [6.07, 6.45) is -0.198. The van der Waals surface area contributed by atoms with Crippen molar-refractivity contribution in [1.82, 2.24) is 14.7 Å². The van der Waals surface area contributed by atoms with Gasteiger partial charge in [-0.1, -0.05) is 0 Å². The molecular formula is C14H21N3O4. The van der Waals surface area contributed by atoms with Crippen molar-refractivity contribution in [2.75, 3.05) is 19.7 Å². The van der Waals surface area contributed by atoms with Crippen LogP contribution in [0.2, 0.25) is 0 Å². The van der Waals surface area contributed by atoms with Gasteiger partial charge in [-0.05, 0) is 13.8 Å². The number of carboxylic acid groups (broad SMARTS) is 1. The zero-order valence-electron chi connectivity index (χ0n) is 12.6. The van der Waals surface area contributed by atoms with Crippen LogP contribution in [0.1, 0.15) is 23.4 Å². The molecule has 0 bridgehead atoms. The summed E-state index contributed by atoms with van der Waals surface area (Å²) in [6.45, 7) is 5.06. The lowest BCUT2D eigenvalue weighted by Gasteiger charge is -2.32. The van der Waals surface area contributed by atoms with Crippen LogP contribution in [0.25, 0.3) is 0 Å². The fourth-order valence-corrected chi connectivity index (χ4v) is 2.60. The van der Waals surface area contributed by atoms with Gasteiger partial charge in [0.2, 0.25) is 5.91 Å². The number of morpholine rings is 1. The van der Waals surface area contributed by atoms with Crippen LogP contribution in [0.4, 0.5) is 0 Å². The van der Waals surface area contributed by atoms with E-state index in [-0.39, 0.29) is 12.3 Å².